The number of nitrogens with one attached hydrogen (secondary N) is 2. The number of nitrogens with zero attached hydrogens (tertiary/aromatic N) is 2. The molecular formula is C4H8N4O2S. The number of hydrogen-bond acceptors (Lipinski definition) is 4. The summed E-state index contributed by atoms with van der Waals surface area (Å²) in [4.78, 5) is 0. The second-order valence-electron chi connectivity index (χ2n) is 2.05. The van der Waals surface area contributed by atoms with Crippen LogP contribution in [0.1, 0.15) is 5.69 Å². The van der Waals surface area contributed by atoms with Crippen LogP contribution in [0.25, 0.3) is 0 Å². The first-order chi connectivity index (χ1) is 5.08. The van der Waals surface area contributed by atoms with Crippen LogP contribution < -0.4 is 4.72 Å². The molecule has 0 atom stereocenters. The number of rotatable bonds is 3. The van der Waals surface area contributed by atoms with Crippen LogP contribution in [0.5, 0.6) is 0 Å². The largest absolute Gasteiger partial charge is 0.213 e. The van der Waals surface area contributed by atoms with Crippen molar-refractivity contribution in [2.45, 2.75) is 6.54 Å². The lowest BCUT2D eigenvalue weighted by Gasteiger charge is -1.95. The molecule has 0 unspecified atom stereocenters. The van der Waals surface area contributed by atoms with Gasteiger partial charge in [-0.05, 0) is 0 Å². The minimum absolute atomic E-state index is 0.176. The number of hydrogen-bond donors (Lipinski definition) is 2. The van der Waals surface area contributed by atoms with E-state index in [-0.39, 0.29) is 6.54 Å². The molecule has 0 spiro atoms. The summed E-state index contributed by atoms with van der Waals surface area (Å²) in [5.41, 5.74) is 0.565. The zero-order valence-corrected chi connectivity index (χ0v) is 6.72. The lowest BCUT2D eigenvalue weighted by molar-refractivity contribution is 0.586. The van der Waals surface area contributed by atoms with E-state index in [1.807, 2.05) is 0 Å². The minimum atomic E-state index is -3.13. The van der Waals surface area contributed by atoms with Gasteiger partial charge in [-0.2, -0.15) is 15.4 Å². The van der Waals surface area contributed by atoms with Gasteiger partial charge < -0.3 is 0 Å². The Kier molecular flexibility index (Phi) is 2.20. The molecule has 1 rings (SSSR count). The molecule has 0 radical (unpaired) electrons. The molecule has 1 heterocycles. The Morgan fingerprint density at radius 3 is 2.91 bits per heavy atom. The van der Waals surface area contributed by atoms with Gasteiger partial charge in [-0.15, -0.1) is 0 Å². The third-order valence-corrected chi connectivity index (χ3v) is 1.65. The Hall–Kier alpha value is -0.950. The van der Waals surface area contributed by atoms with Crippen molar-refractivity contribution in [3.8, 4) is 0 Å². The van der Waals surface area contributed by atoms with Crippen molar-refractivity contribution in [2.75, 3.05) is 6.26 Å². The van der Waals surface area contributed by atoms with E-state index in [9.17, 15) is 8.42 Å². The lowest BCUT2D eigenvalue weighted by atomic mass is 10.5. The third-order valence-electron chi connectivity index (χ3n) is 0.980. The number of aromatic nitrogens is 3. The highest BCUT2D eigenvalue weighted by molar-refractivity contribution is 7.88. The van der Waals surface area contributed by atoms with Crippen molar-refractivity contribution in [1.82, 2.24) is 20.1 Å². The van der Waals surface area contributed by atoms with Crippen LogP contribution in [0.15, 0.2) is 6.20 Å². The van der Waals surface area contributed by atoms with Gasteiger partial charge in [0, 0.05) is 0 Å². The molecule has 0 saturated carbocycles. The molecule has 0 saturated heterocycles. The summed E-state index contributed by atoms with van der Waals surface area (Å²) < 4.78 is 23.4. The van der Waals surface area contributed by atoms with Crippen molar-refractivity contribution >= 4 is 10.0 Å². The molecule has 1 aromatic rings. The maximum absolute atomic E-state index is 10.6. The van der Waals surface area contributed by atoms with Crippen LogP contribution in [0.4, 0.5) is 0 Å². The molecule has 7 heteroatoms. The fourth-order valence-electron chi connectivity index (χ4n) is 0.516. The zero-order chi connectivity index (χ0) is 8.32. The monoisotopic (exact) mass is 176 g/mol. The fraction of sp³-hybridized carbons (Fsp3) is 0.500. The van der Waals surface area contributed by atoms with Gasteiger partial charge in [0.1, 0.15) is 0 Å². The normalized spacial score (nSPS) is 11.7. The molecular weight excluding hydrogens is 168 g/mol. The van der Waals surface area contributed by atoms with Crippen LogP contribution in [0.3, 0.4) is 0 Å². The van der Waals surface area contributed by atoms with E-state index in [1.165, 1.54) is 6.20 Å². The van der Waals surface area contributed by atoms with E-state index in [1.54, 1.807) is 0 Å². The lowest BCUT2D eigenvalue weighted by Crippen LogP contribution is -2.21. The van der Waals surface area contributed by atoms with Crippen molar-refractivity contribution in [1.29, 1.82) is 0 Å². The van der Waals surface area contributed by atoms with Gasteiger partial charge in [0.15, 0.2) is 0 Å². The van der Waals surface area contributed by atoms with E-state index < -0.39 is 10.0 Å². The maximum Gasteiger partial charge on any atom is 0.209 e. The molecule has 1 aromatic heterocycles. The summed E-state index contributed by atoms with van der Waals surface area (Å²) in [5, 5.41) is 9.54. The van der Waals surface area contributed by atoms with Crippen LogP contribution in [-0.2, 0) is 16.6 Å². The smallest absolute Gasteiger partial charge is 0.209 e. The van der Waals surface area contributed by atoms with Crippen LogP contribution in [0, 0.1) is 0 Å². The molecule has 0 aliphatic rings. The minimum Gasteiger partial charge on any atom is -0.213 e. The van der Waals surface area contributed by atoms with Crippen molar-refractivity contribution in [3.05, 3.63) is 11.9 Å². The van der Waals surface area contributed by atoms with Crippen LogP contribution >= 0.6 is 0 Å². The Labute approximate surface area is 64.1 Å². The molecule has 0 aliphatic heterocycles. The molecule has 0 amide bonds. The molecule has 0 bridgehead atoms. The second-order valence-corrected chi connectivity index (χ2v) is 3.89. The predicted molar refractivity (Wildman–Crippen MR) is 38.1 cm³/mol. The van der Waals surface area contributed by atoms with Gasteiger partial charge in [-0.25, -0.2) is 13.1 Å². The number of sulfonamides is 1. The van der Waals surface area contributed by atoms with Gasteiger partial charge in [-0.1, -0.05) is 0 Å². The van der Waals surface area contributed by atoms with Crippen molar-refractivity contribution in [3.63, 3.8) is 0 Å². The van der Waals surface area contributed by atoms with Gasteiger partial charge in [-0.3, -0.25) is 0 Å². The average Bonchev–Trinajstić information content (AvgIpc) is 2.32. The second kappa shape index (κ2) is 2.97. The summed E-state index contributed by atoms with van der Waals surface area (Å²) in [6, 6.07) is 0. The Morgan fingerprint density at radius 1 is 1.73 bits per heavy atom. The third kappa shape index (κ3) is 3.10. The average molecular weight is 176 g/mol. The van der Waals surface area contributed by atoms with Crippen molar-refractivity contribution in [2.24, 2.45) is 0 Å². The summed E-state index contributed by atoms with van der Waals surface area (Å²) >= 11 is 0. The highest BCUT2D eigenvalue weighted by Crippen LogP contribution is 1.87. The Balaban J connectivity index is 2.48. The van der Waals surface area contributed by atoms with E-state index in [0.717, 1.165) is 6.26 Å². The molecule has 2 N–H and O–H groups in total. The number of H-pyrrole nitrogens is 1. The van der Waals surface area contributed by atoms with Crippen LogP contribution in [-0.4, -0.2) is 30.1 Å². The number of aromatic amines is 1. The standard InChI is InChI=1S/C4H8N4O2S/c1-11(9,10)6-3-4-2-5-8-7-4/h2,6H,3H2,1H3,(H,5,7,8). The molecule has 0 fully saturated rings. The predicted octanol–water partition coefficient (Wildman–Crippen LogP) is -1.15. The topological polar surface area (TPSA) is 87.7 Å². The van der Waals surface area contributed by atoms with Gasteiger partial charge in [0.2, 0.25) is 10.0 Å². The maximum atomic E-state index is 10.6. The van der Waals surface area contributed by atoms with Gasteiger partial charge in [0.25, 0.3) is 0 Å². The van der Waals surface area contributed by atoms with Gasteiger partial charge in [0.05, 0.1) is 24.7 Å². The quantitative estimate of drug-likeness (QED) is 0.609. The van der Waals surface area contributed by atoms with Crippen molar-refractivity contribution < 1.29 is 8.42 Å². The summed E-state index contributed by atoms with van der Waals surface area (Å²) in [6.45, 7) is 0.176. The fourth-order valence-corrected chi connectivity index (χ4v) is 0.926. The summed E-state index contributed by atoms with van der Waals surface area (Å²) in [6.07, 6.45) is 2.55. The molecule has 6 nitrogen and oxygen atoms in total. The van der Waals surface area contributed by atoms with Crippen LogP contribution in [0.2, 0.25) is 0 Å². The molecule has 0 aromatic carbocycles. The van der Waals surface area contributed by atoms with E-state index >= 15 is 0 Å². The first-order valence-corrected chi connectivity index (χ1v) is 4.76. The summed E-state index contributed by atoms with van der Waals surface area (Å²) in [5.74, 6) is 0. The molecule has 11 heavy (non-hydrogen) atoms. The van der Waals surface area contributed by atoms with E-state index in [2.05, 4.69) is 20.1 Å². The Bertz CT molecular complexity index is 303. The Morgan fingerprint density at radius 2 is 2.45 bits per heavy atom. The zero-order valence-electron chi connectivity index (χ0n) is 5.90. The SMILES string of the molecule is CS(=O)(=O)NCc1cn[nH]n1. The van der Waals surface area contributed by atoms with E-state index in [0.29, 0.717) is 5.69 Å². The molecule has 0 aliphatic carbocycles. The van der Waals surface area contributed by atoms with E-state index in [4.69, 9.17) is 0 Å². The first-order valence-electron chi connectivity index (χ1n) is 2.87. The first kappa shape index (κ1) is 8.15. The summed E-state index contributed by atoms with van der Waals surface area (Å²) in [7, 11) is -3.13. The molecule has 62 valence electrons. The highest BCUT2D eigenvalue weighted by atomic mass is 32.2. The highest BCUT2D eigenvalue weighted by Gasteiger charge is 2.01. The van der Waals surface area contributed by atoms with Gasteiger partial charge >= 0.3 is 0 Å².